The summed E-state index contributed by atoms with van der Waals surface area (Å²) in [6, 6.07) is 9.68. The number of carbonyl (C=O) groups is 1. The number of amides is 1. The van der Waals surface area contributed by atoms with Gasteiger partial charge in [-0.05, 0) is 12.0 Å². The van der Waals surface area contributed by atoms with E-state index in [0.717, 1.165) is 5.56 Å². The van der Waals surface area contributed by atoms with Gasteiger partial charge >= 0.3 is 0 Å². The molecule has 1 aromatic heterocycles. The van der Waals surface area contributed by atoms with Gasteiger partial charge < -0.3 is 20.5 Å². The van der Waals surface area contributed by atoms with Crippen molar-refractivity contribution >= 4 is 23.3 Å². The molecular formula is C16H19ClN4O3. The van der Waals surface area contributed by atoms with Gasteiger partial charge in [-0.1, -0.05) is 41.9 Å². The normalized spacial score (nSPS) is 20.7. The Kier molecular flexibility index (Phi) is 5.34. The van der Waals surface area contributed by atoms with Gasteiger partial charge in [0.1, 0.15) is 16.8 Å². The van der Waals surface area contributed by atoms with Gasteiger partial charge in [0.25, 0.3) is 5.91 Å². The Labute approximate surface area is 144 Å². The zero-order chi connectivity index (χ0) is 16.9. The second kappa shape index (κ2) is 7.65. The van der Waals surface area contributed by atoms with Crippen molar-refractivity contribution in [2.45, 2.75) is 25.2 Å². The lowest BCUT2D eigenvalue weighted by atomic mass is 10.1. The van der Waals surface area contributed by atoms with E-state index < -0.39 is 0 Å². The third kappa shape index (κ3) is 3.87. The van der Waals surface area contributed by atoms with E-state index in [4.69, 9.17) is 26.8 Å². The van der Waals surface area contributed by atoms with E-state index in [1.165, 1.54) is 0 Å². The van der Waals surface area contributed by atoms with E-state index in [9.17, 15) is 4.79 Å². The number of nitrogens with one attached hydrogen (secondary N) is 2. The lowest BCUT2D eigenvalue weighted by molar-refractivity contribution is -0.0736. The number of nitrogens with two attached hydrogens (primary N) is 1. The smallest absolute Gasteiger partial charge is 0.271 e. The van der Waals surface area contributed by atoms with Crippen molar-refractivity contribution in [1.29, 1.82) is 0 Å². The number of aromatic nitrogens is 2. The maximum Gasteiger partial charge on any atom is 0.271 e. The summed E-state index contributed by atoms with van der Waals surface area (Å²) in [5.41, 5.74) is 6.77. The highest BCUT2D eigenvalue weighted by molar-refractivity contribution is 6.35. The van der Waals surface area contributed by atoms with Crippen LogP contribution in [0.25, 0.3) is 0 Å². The molecule has 0 aliphatic carbocycles. The number of hydrogen-bond acceptors (Lipinski definition) is 5. The van der Waals surface area contributed by atoms with E-state index >= 15 is 0 Å². The Morgan fingerprint density at radius 3 is 2.96 bits per heavy atom. The van der Waals surface area contributed by atoms with Crippen LogP contribution in [0.1, 0.15) is 22.5 Å². The van der Waals surface area contributed by atoms with Crippen molar-refractivity contribution in [3.8, 4) is 0 Å². The number of ether oxygens (including phenoxy) is 2. The van der Waals surface area contributed by atoms with Crippen LogP contribution in [0.4, 0.5) is 5.82 Å². The van der Waals surface area contributed by atoms with Crippen LogP contribution < -0.4 is 11.1 Å². The maximum atomic E-state index is 12.3. The number of nitrogens with zero attached hydrogens (tertiary/aromatic N) is 1. The van der Waals surface area contributed by atoms with Gasteiger partial charge in [0.05, 0.1) is 19.3 Å². The summed E-state index contributed by atoms with van der Waals surface area (Å²) < 4.78 is 11.4. The molecule has 1 aliphatic rings. The molecule has 0 saturated carbocycles. The Morgan fingerprint density at radius 1 is 1.46 bits per heavy atom. The minimum atomic E-state index is -0.357. The fourth-order valence-electron chi connectivity index (χ4n) is 2.55. The first-order chi connectivity index (χ1) is 11.6. The van der Waals surface area contributed by atoms with Crippen LogP contribution >= 0.6 is 11.6 Å². The zero-order valence-electron chi connectivity index (χ0n) is 13.0. The first-order valence-electron chi connectivity index (χ1n) is 7.68. The minimum Gasteiger partial charge on any atom is -0.381 e. The topological polar surface area (TPSA) is 102 Å². The number of anilines is 1. The first-order valence-corrected chi connectivity index (χ1v) is 8.06. The monoisotopic (exact) mass is 350 g/mol. The fourth-order valence-corrected chi connectivity index (χ4v) is 2.72. The van der Waals surface area contributed by atoms with Crippen LogP contribution in [0.5, 0.6) is 0 Å². The molecule has 8 heteroatoms. The molecule has 2 heterocycles. The Bertz CT molecular complexity index is 692. The maximum absolute atomic E-state index is 12.3. The van der Waals surface area contributed by atoms with Crippen molar-refractivity contribution < 1.29 is 14.3 Å². The Morgan fingerprint density at radius 2 is 2.25 bits per heavy atom. The van der Waals surface area contributed by atoms with Crippen molar-refractivity contribution in [3.63, 3.8) is 0 Å². The molecule has 24 heavy (non-hydrogen) atoms. The van der Waals surface area contributed by atoms with Crippen LogP contribution in [0.15, 0.2) is 30.3 Å². The predicted molar refractivity (Wildman–Crippen MR) is 89.7 cm³/mol. The fraction of sp³-hybridized carbons (Fsp3) is 0.375. The largest absolute Gasteiger partial charge is 0.381 e. The van der Waals surface area contributed by atoms with E-state index in [-0.39, 0.29) is 34.6 Å². The third-order valence-electron chi connectivity index (χ3n) is 3.89. The number of aromatic amines is 1. The average molecular weight is 351 g/mol. The zero-order valence-corrected chi connectivity index (χ0v) is 13.8. The standard InChI is InChI=1S/C16H19ClN4O3/c17-13-14(20-21-15(13)18)16(22)19-11-6-7-23-9-12(11)24-8-10-4-2-1-3-5-10/h1-5,11-12H,6-9H2,(H,19,22)(H3,18,20,21)/t11-,12-/m1/s1. The number of nitrogen functional groups attached to an aromatic ring is 1. The summed E-state index contributed by atoms with van der Waals surface area (Å²) in [5, 5.41) is 9.32. The van der Waals surface area contributed by atoms with E-state index in [0.29, 0.717) is 26.2 Å². The Balaban J connectivity index is 1.62. The average Bonchev–Trinajstić information content (AvgIpc) is 2.94. The number of halogens is 1. The highest BCUT2D eigenvalue weighted by Gasteiger charge is 2.29. The Hall–Kier alpha value is -2.09. The number of H-pyrrole nitrogens is 1. The lowest BCUT2D eigenvalue weighted by Crippen LogP contribution is -2.50. The number of rotatable bonds is 5. The summed E-state index contributed by atoms with van der Waals surface area (Å²) in [5.74, 6) is -0.255. The molecule has 0 bridgehead atoms. The van der Waals surface area contributed by atoms with Crippen molar-refractivity contribution in [3.05, 3.63) is 46.6 Å². The summed E-state index contributed by atoms with van der Waals surface area (Å²) in [7, 11) is 0. The molecule has 1 aromatic carbocycles. The molecular weight excluding hydrogens is 332 g/mol. The number of carbonyl (C=O) groups excluding carboxylic acids is 1. The van der Waals surface area contributed by atoms with Crippen molar-refractivity contribution in [2.24, 2.45) is 0 Å². The molecule has 4 N–H and O–H groups in total. The molecule has 0 radical (unpaired) electrons. The first kappa shape index (κ1) is 16.8. The highest BCUT2D eigenvalue weighted by atomic mass is 35.5. The van der Waals surface area contributed by atoms with E-state index in [1.807, 2.05) is 30.3 Å². The molecule has 1 aliphatic heterocycles. The van der Waals surface area contributed by atoms with Crippen molar-refractivity contribution in [2.75, 3.05) is 18.9 Å². The van der Waals surface area contributed by atoms with Gasteiger partial charge in [-0.3, -0.25) is 9.89 Å². The molecule has 1 saturated heterocycles. The SMILES string of the molecule is Nc1n[nH]c(C(=O)N[C@@H]2CCOC[C@H]2OCc2ccccc2)c1Cl. The molecule has 1 fully saturated rings. The quantitative estimate of drug-likeness (QED) is 0.762. The molecule has 0 spiro atoms. The van der Waals surface area contributed by atoms with Crippen molar-refractivity contribution in [1.82, 2.24) is 15.5 Å². The number of hydrogen-bond donors (Lipinski definition) is 3. The van der Waals surface area contributed by atoms with Crippen LogP contribution in [0.3, 0.4) is 0 Å². The van der Waals surface area contributed by atoms with Crippen LogP contribution in [0.2, 0.25) is 5.02 Å². The molecule has 7 nitrogen and oxygen atoms in total. The van der Waals surface area contributed by atoms with Crippen LogP contribution in [-0.4, -0.2) is 41.5 Å². The number of benzene rings is 1. The molecule has 2 aromatic rings. The summed E-state index contributed by atoms with van der Waals surface area (Å²) in [6.07, 6.45) is 0.425. The van der Waals surface area contributed by atoms with Gasteiger partial charge in [0, 0.05) is 6.61 Å². The second-order valence-electron chi connectivity index (χ2n) is 5.58. The third-order valence-corrected chi connectivity index (χ3v) is 4.27. The van der Waals surface area contributed by atoms with Gasteiger partial charge in [-0.2, -0.15) is 5.10 Å². The van der Waals surface area contributed by atoms with E-state index in [2.05, 4.69) is 15.5 Å². The van der Waals surface area contributed by atoms with Crippen LogP contribution in [-0.2, 0) is 16.1 Å². The molecule has 3 rings (SSSR count). The highest BCUT2D eigenvalue weighted by Crippen LogP contribution is 2.21. The lowest BCUT2D eigenvalue weighted by Gasteiger charge is -2.32. The van der Waals surface area contributed by atoms with Gasteiger partial charge in [0.2, 0.25) is 0 Å². The summed E-state index contributed by atoms with van der Waals surface area (Å²) in [6.45, 7) is 1.45. The van der Waals surface area contributed by atoms with Gasteiger partial charge in [-0.25, -0.2) is 0 Å². The minimum absolute atomic E-state index is 0.102. The molecule has 1 amide bonds. The second-order valence-corrected chi connectivity index (χ2v) is 5.95. The van der Waals surface area contributed by atoms with Gasteiger partial charge in [0.15, 0.2) is 5.82 Å². The molecule has 2 atom stereocenters. The van der Waals surface area contributed by atoms with Gasteiger partial charge in [-0.15, -0.1) is 0 Å². The summed E-state index contributed by atoms with van der Waals surface area (Å²) >= 11 is 5.96. The van der Waals surface area contributed by atoms with Crippen LogP contribution in [0, 0.1) is 0 Å². The summed E-state index contributed by atoms with van der Waals surface area (Å²) in [4.78, 5) is 12.3. The van der Waals surface area contributed by atoms with E-state index in [1.54, 1.807) is 0 Å². The molecule has 0 unspecified atom stereocenters. The predicted octanol–water partition coefficient (Wildman–Crippen LogP) is 1.75. The molecule has 128 valence electrons.